The molecule has 0 saturated carbocycles. The fraction of sp³-hybridized carbons (Fsp3) is 0.267. The summed E-state index contributed by atoms with van der Waals surface area (Å²) in [6.45, 7) is 5.53. The van der Waals surface area contributed by atoms with Crippen LogP contribution in [0.15, 0.2) is 30.5 Å². The quantitative estimate of drug-likeness (QED) is 0.697. The molecule has 0 unspecified atom stereocenters. The maximum Gasteiger partial charge on any atom is 0.0865 e. The van der Waals surface area contributed by atoms with E-state index in [1.54, 1.807) is 0 Å². The summed E-state index contributed by atoms with van der Waals surface area (Å²) in [5.41, 5.74) is 3.06. The summed E-state index contributed by atoms with van der Waals surface area (Å²) in [5.74, 6) is 0. The standard InChI is InChI=1S/C15H15Cl2N3/c1-3-20-14(15(17)10(2)18-20)9-19-7-6-11-8-12(16)4-5-13(11)19/h4-8H,3,9H2,1-2H3. The zero-order valence-electron chi connectivity index (χ0n) is 11.4. The van der Waals surface area contributed by atoms with Gasteiger partial charge in [0.25, 0.3) is 0 Å². The average Bonchev–Trinajstić information content (AvgIpc) is 2.94. The molecule has 0 bridgehead atoms. The summed E-state index contributed by atoms with van der Waals surface area (Å²) in [6.07, 6.45) is 2.06. The summed E-state index contributed by atoms with van der Waals surface area (Å²) in [6, 6.07) is 7.97. The van der Waals surface area contributed by atoms with E-state index in [0.29, 0.717) is 6.54 Å². The topological polar surface area (TPSA) is 22.8 Å². The molecule has 0 saturated heterocycles. The molecule has 3 rings (SSSR count). The molecule has 2 heterocycles. The van der Waals surface area contributed by atoms with E-state index in [9.17, 15) is 0 Å². The van der Waals surface area contributed by atoms with Crippen molar-refractivity contribution in [3.8, 4) is 0 Å². The van der Waals surface area contributed by atoms with Gasteiger partial charge < -0.3 is 4.57 Å². The van der Waals surface area contributed by atoms with Gasteiger partial charge in [-0.1, -0.05) is 23.2 Å². The second-order valence-corrected chi connectivity index (χ2v) is 5.62. The average molecular weight is 308 g/mol. The molecule has 0 fully saturated rings. The van der Waals surface area contributed by atoms with Gasteiger partial charge in [0.05, 0.1) is 23.0 Å². The van der Waals surface area contributed by atoms with E-state index in [4.69, 9.17) is 23.2 Å². The molecule has 104 valence electrons. The van der Waals surface area contributed by atoms with Gasteiger partial charge in [0.15, 0.2) is 0 Å². The lowest BCUT2D eigenvalue weighted by molar-refractivity contribution is 0.602. The molecule has 0 atom stereocenters. The monoisotopic (exact) mass is 307 g/mol. The van der Waals surface area contributed by atoms with Crippen LogP contribution < -0.4 is 0 Å². The lowest BCUT2D eigenvalue weighted by Gasteiger charge is -2.08. The molecule has 3 nitrogen and oxygen atoms in total. The number of benzene rings is 1. The summed E-state index contributed by atoms with van der Waals surface area (Å²) >= 11 is 12.4. The molecule has 3 aromatic rings. The number of halogens is 2. The Morgan fingerprint density at radius 2 is 2.00 bits per heavy atom. The summed E-state index contributed by atoms with van der Waals surface area (Å²) in [7, 11) is 0. The van der Waals surface area contributed by atoms with Gasteiger partial charge >= 0.3 is 0 Å². The van der Waals surface area contributed by atoms with Crippen LogP contribution >= 0.6 is 23.2 Å². The van der Waals surface area contributed by atoms with Crippen LogP contribution in [0.2, 0.25) is 10.0 Å². The van der Waals surface area contributed by atoms with Crippen LogP contribution in [0.5, 0.6) is 0 Å². The molecule has 5 heteroatoms. The van der Waals surface area contributed by atoms with Gasteiger partial charge in [-0.2, -0.15) is 5.10 Å². The first-order valence-corrected chi connectivity index (χ1v) is 7.32. The minimum atomic E-state index is 0.707. The first-order chi connectivity index (χ1) is 9.60. The lowest BCUT2D eigenvalue weighted by Crippen LogP contribution is -2.07. The molecular formula is C15H15Cl2N3. The van der Waals surface area contributed by atoms with E-state index in [1.165, 1.54) is 0 Å². The molecule has 0 aliphatic heterocycles. The van der Waals surface area contributed by atoms with Gasteiger partial charge in [0, 0.05) is 28.7 Å². The number of aromatic nitrogens is 3. The SMILES string of the molecule is CCn1nc(C)c(Cl)c1Cn1ccc2cc(Cl)ccc21. The second kappa shape index (κ2) is 5.15. The van der Waals surface area contributed by atoms with Crippen molar-refractivity contribution in [1.29, 1.82) is 0 Å². The number of hydrogen-bond acceptors (Lipinski definition) is 1. The van der Waals surface area contributed by atoms with Crippen molar-refractivity contribution in [1.82, 2.24) is 14.3 Å². The first kappa shape index (κ1) is 13.5. The first-order valence-electron chi connectivity index (χ1n) is 6.56. The molecule has 0 spiro atoms. The van der Waals surface area contributed by atoms with Crippen molar-refractivity contribution in [2.24, 2.45) is 0 Å². The Kier molecular flexibility index (Phi) is 3.48. The number of aryl methyl sites for hydroxylation is 2. The maximum atomic E-state index is 6.37. The highest BCUT2D eigenvalue weighted by Crippen LogP contribution is 2.25. The predicted octanol–water partition coefficient (Wildman–Crippen LogP) is 4.52. The molecule has 0 radical (unpaired) electrons. The highest BCUT2D eigenvalue weighted by atomic mass is 35.5. The van der Waals surface area contributed by atoms with Gasteiger partial charge in [0.1, 0.15) is 0 Å². The summed E-state index contributed by atoms with van der Waals surface area (Å²) < 4.78 is 4.12. The summed E-state index contributed by atoms with van der Waals surface area (Å²) in [4.78, 5) is 0. The molecular weight excluding hydrogens is 293 g/mol. The van der Waals surface area contributed by atoms with Crippen LogP contribution in [0, 0.1) is 6.92 Å². The summed E-state index contributed by atoms with van der Waals surface area (Å²) in [5, 5.41) is 7.09. The third-order valence-corrected chi connectivity index (χ3v) is 4.23. The minimum absolute atomic E-state index is 0.707. The van der Waals surface area contributed by atoms with Gasteiger partial charge in [0.2, 0.25) is 0 Å². The maximum absolute atomic E-state index is 6.37. The fourth-order valence-corrected chi connectivity index (χ4v) is 2.87. The van der Waals surface area contributed by atoms with E-state index in [0.717, 1.165) is 38.9 Å². The fourth-order valence-electron chi connectivity index (χ4n) is 2.49. The normalized spacial score (nSPS) is 11.4. The van der Waals surface area contributed by atoms with Crippen molar-refractivity contribution in [2.45, 2.75) is 26.9 Å². The lowest BCUT2D eigenvalue weighted by atomic mass is 10.2. The molecule has 0 aliphatic rings. The Morgan fingerprint density at radius 1 is 1.20 bits per heavy atom. The van der Waals surface area contributed by atoms with Crippen molar-refractivity contribution in [3.05, 3.63) is 51.9 Å². The number of hydrogen-bond donors (Lipinski definition) is 0. The minimum Gasteiger partial charge on any atom is -0.341 e. The van der Waals surface area contributed by atoms with Gasteiger partial charge in [-0.3, -0.25) is 4.68 Å². The third kappa shape index (κ3) is 2.21. The molecule has 2 aromatic heterocycles. The Morgan fingerprint density at radius 3 is 2.75 bits per heavy atom. The molecule has 0 N–H and O–H groups in total. The molecule has 20 heavy (non-hydrogen) atoms. The van der Waals surface area contributed by atoms with Crippen LogP contribution in [0.4, 0.5) is 0 Å². The molecule has 0 amide bonds. The largest absolute Gasteiger partial charge is 0.341 e. The van der Waals surface area contributed by atoms with Crippen LogP contribution in [-0.2, 0) is 13.1 Å². The highest BCUT2D eigenvalue weighted by Gasteiger charge is 2.13. The van der Waals surface area contributed by atoms with Crippen molar-refractivity contribution in [2.75, 3.05) is 0 Å². The number of rotatable bonds is 3. The van der Waals surface area contributed by atoms with Crippen LogP contribution in [-0.4, -0.2) is 14.3 Å². The van der Waals surface area contributed by atoms with E-state index in [-0.39, 0.29) is 0 Å². The Bertz CT molecular complexity index is 771. The van der Waals surface area contributed by atoms with Gasteiger partial charge in [-0.25, -0.2) is 0 Å². The van der Waals surface area contributed by atoms with Crippen molar-refractivity contribution in [3.63, 3.8) is 0 Å². The smallest absolute Gasteiger partial charge is 0.0865 e. The van der Waals surface area contributed by atoms with Crippen molar-refractivity contribution >= 4 is 34.1 Å². The highest BCUT2D eigenvalue weighted by molar-refractivity contribution is 6.32. The van der Waals surface area contributed by atoms with Crippen LogP contribution in [0.3, 0.4) is 0 Å². The predicted molar refractivity (Wildman–Crippen MR) is 83.7 cm³/mol. The Labute approximate surface area is 127 Å². The van der Waals surface area contributed by atoms with Gasteiger partial charge in [-0.05, 0) is 38.1 Å². The van der Waals surface area contributed by atoms with Gasteiger partial charge in [-0.15, -0.1) is 0 Å². The van der Waals surface area contributed by atoms with E-state index in [1.807, 2.05) is 29.8 Å². The van der Waals surface area contributed by atoms with E-state index >= 15 is 0 Å². The third-order valence-electron chi connectivity index (χ3n) is 3.51. The Hall–Kier alpha value is -1.45. The number of nitrogens with zero attached hydrogens (tertiary/aromatic N) is 3. The van der Waals surface area contributed by atoms with E-state index in [2.05, 4.69) is 28.9 Å². The molecule has 1 aromatic carbocycles. The zero-order valence-corrected chi connectivity index (χ0v) is 12.9. The number of fused-ring (bicyclic) bond motifs is 1. The van der Waals surface area contributed by atoms with Crippen molar-refractivity contribution < 1.29 is 0 Å². The molecule has 0 aliphatic carbocycles. The van der Waals surface area contributed by atoms with Crippen LogP contribution in [0.25, 0.3) is 10.9 Å². The second-order valence-electron chi connectivity index (χ2n) is 4.81. The van der Waals surface area contributed by atoms with Crippen LogP contribution in [0.1, 0.15) is 18.3 Å². The van der Waals surface area contributed by atoms with E-state index < -0.39 is 0 Å². The Balaban J connectivity index is 2.05. The zero-order chi connectivity index (χ0) is 14.3.